The zero-order valence-electron chi connectivity index (χ0n) is 8.43. The molecule has 0 fully saturated rings. The Morgan fingerprint density at radius 1 is 1.47 bits per heavy atom. The fourth-order valence-corrected chi connectivity index (χ4v) is 1.84. The molecule has 0 N–H and O–H groups in total. The molecule has 1 aliphatic rings. The highest BCUT2D eigenvalue weighted by atomic mass is 79.9. The number of fused-ring (bicyclic) bond motifs is 1. The van der Waals surface area contributed by atoms with E-state index in [1.807, 2.05) is 0 Å². The van der Waals surface area contributed by atoms with Gasteiger partial charge in [-0.2, -0.15) is 0 Å². The molecule has 1 aliphatic heterocycles. The van der Waals surface area contributed by atoms with Crippen molar-refractivity contribution in [3.63, 3.8) is 0 Å². The molecule has 0 atom stereocenters. The Hall–Kier alpha value is -0.900. The number of carbonyl (C=O) groups excluding carboxylic acids is 1. The highest BCUT2D eigenvalue weighted by Crippen LogP contribution is 2.36. The highest BCUT2D eigenvalue weighted by Gasteiger charge is 2.36. The van der Waals surface area contributed by atoms with E-state index in [2.05, 4.69) is 15.9 Å². The van der Waals surface area contributed by atoms with E-state index in [4.69, 9.17) is 4.74 Å². The normalized spacial score (nSPS) is 18.3. The van der Waals surface area contributed by atoms with E-state index in [1.165, 1.54) is 12.1 Å². The number of hydrogen-bond donors (Lipinski definition) is 0. The van der Waals surface area contributed by atoms with Crippen molar-refractivity contribution < 1.29 is 13.9 Å². The number of ether oxygens (including phenoxy) is 1. The fourth-order valence-electron chi connectivity index (χ4n) is 1.51. The predicted molar refractivity (Wildman–Crippen MR) is 57.7 cm³/mol. The zero-order chi connectivity index (χ0) is 11.2. The second-order valence-electron chi connectivity index (χ2n) is 4.26. The average molecular weight is 273 g/mol. The van der Waals surface area contributed by atoms with E-state index >= 15 is 0 Å². The number of ketones is 1. The maximum Gasteiger partial charge on any atom is 0.175 e. The molecule has 0 aliphatic carbocycles. The first-order chi connectivity index (χ1) is 6.92. The molecule has 4 heteroatoms. The molecular formula is C11H10BrFO2. The molecule has 1 aromatic carbocycles. The molecular weight excluding hydrogens is 263 g/mol. The highest BCUT2D eigenvalue weighted by molar-refractivity contribution is 9.10. The average Bonchev–Trinajstić information content (AvgIpc) is 2.16. The van der Waals surface area contributed by atoms with Gasteiger partial charge >= 0.3 is 0 Å². The molecule has 0 radical (unpaired) electrons. The summed E-state index contributed by atoms with van der Waals surface area (Å²) in [7, 11) is 0. The Balaban J connectivity index is 2.58. The molecule has 0 saturated heterocycles. The van der Waals surface area contributed by atoms with Gasteiger partial charge < -0.3 is 4.74 Å². The summed E-state index contributed by atoms with van der Waals surface area (Å²) in [6, 6.07) is 2.72. The molecule has 0 spiro atoms. The van der Waals surface area contributed by atoms with Gasteiger partial charge in [0.1, 0.15) is 18.2 Å². The quantitative estimate of drug-likeness (QED) is 0.725. The van der Waals surface area contributed by atoms with E-state index in [9.17, 15) is 9.18 Å². The van der Waals surface area contributed by atoms with Crippen molar-refractivity contribution in [2.24, 2.45) is 5.41 Å². The predicted octanol–water partition coefficient (Wildman–Crippen LogP) is 3.19. The first kappa shape index (κ1) is 10.6. The molecule has 0 unspecified atom stereocenters. The smallest absolute Gasteiger partial charge is 0.175 e. The molecule has 0 amide bonds. The van der Waals surface area contributed by atoms with Crippen LogP contribution in [0.25, 0.3) is 0 Å². The molecule has 0 saturated carbocycles. The van der Waals surface area contributed by atoms with Gasteiger partial charge in [-0.15, -0.1) is 0 Å². The first-order valence-electron chi connectivity index (χ1n) is 4.58. The van der Waals surface area contributed by atoms with Crippen LogP contribution < -0.4 is 4.74 Å². The van der Waals surface area contributed by atoms with E-state index in [-0.39, 0.29) is 5.78 Å². The summed E-state index contributed by atoms with van der Waals surface area (Å²) in [5.74, 6) is -0.0637. The molecule has 0 bridgehead atoms. The van der Waals surface area contributed by atoms with Crippen molar-refractivity contribution in [1.29, 1.82) is 0 Å². The van der Waals surface area contributed by atoms with Gasteiger partial charge in [0, 0.05) is 0 Å². The van der Waals surface area contributed by atoms with E-state index in [1.54, 1.807) is 13.8 Å². The maximum absolute atomic E-state index is 13.3. The number of hydrogen-bond acceptors (Lipinski definition) is 2. The van der Waals surface area contributed by atoms with E-state index in [0.29, 0.717) is 22.4 Å². The largest absolute Gasteiger partial charge is 0.492 e. The van der Waals surface area contributed by atoms with E-state index in [0.717, 1.165) is 0 Å². The van der Waals surface area contributed by atoms with Crippen LogP contribution in [0.4, 0.5) is 4.39 Å². The van der Waals surface area contributed by atoms with Crippen molar-refractivity contribution in [3.8, 4) is 5.75 Å². The summed E-state index contributed by atoms with van der Waals surface area (Å²) in [5, 5.41) is 0. The number of rotatable bonds is 0. The second-order valence-corrected chi connectivity index (χ2v) is 5.12. The first-order valence-corrected chi connectivity index (χ1v) is 5.38. The molecule has 15 heavy (non-hydrogen) atoms. The van der Waals surface area contributed by atoms with Crippen LogP contribution in [0.5, 0.6) is 5.75 Å². The summed E-state index contributed by atoms with van der Waals surface area (Å²) in [6.45, 7) is 3.91. The van der Waals surface area contributed by atoms with Crippen molar-refractivity contribution in [3.05, 3.63) is 28.0 Å². The molecule has 2 nitrogen and oxygen atoms in total. The molecule has 2 rings (SSSR count). The molecule has 80 valence electrons. The monoisotopic (exact) mass is 272 g/mol. The van der Waals surface area contributed by atoms with Crippen LogP contribution in [0.1, 0.15) is 24.2 Å². The summed E-state index contributed by atoms with van der Waals surface area (Å²) in [4.78, 5) is 11.9. The lowest BCUT2D eigenvalue weighted by atomic mass is 9.83. The Bertz CT molecular complexity index is 440. The van der Waals surface area contributed by atoms with Crippen LogP contribution >= 0.6 is 15.9 Å². The van der Waals surface area contributed by atoms with Gasteiger partial charge in [0.15, 0.2) is 5.78 Å². The Morgan fingerprint density at radius 2 is 2.13 bits per heavy atom. The van der Waals surface area contributed by atoms with Crippen molar-refractivity contribution in [2.45, 2.75) is 13.8 Å². The van der Waals surface area contributed by atoms with Crippen LogP contribution in [-0.2, 0) is 0 Å². The minimum absolute atomic E-state index is 0.0739. The molecule has 1 aromatic rings. The third kappa shape index (κ3) is 1.67. The Morgan fingerprint density at radius 3 is 2.80 bits per heavy atom. The second kappa shape index (κ2) is 3.30. The molecule has 1 heterocycles. The lowest BCUT2D eigenvalue weighted by Crippen LogP contribution is -2.35. The fraction of sp³-hybridized carbons (Fsp3) is 0.364. The van der Waals surface area contributed by atoms with Crippen LogP contribution in [0.2, 0.25) is 0 Å². The maximum atomic E-state index is 13.3. The molecule has 0 aromatic heterocycles. The minimum atomic E-state index is -0.576. The van der Waals surface area contributed by atoms with Gasteiger partial charge in [0.2, 0.25) is 0 Å². The standard InChI is InChI=1S/C11H10BrFO2/c1-11(2)5-15-9-4-7(12)8(13)3-6(9)10(11)14/h3-4H,5H2,1-2H3. The number of Topliss-reactive ketones (excluding diaryl/α,β-unsaturated/α-hetero) is 1. The van der Waals surface area contributed by atoms with Crippen LogP contribution in [-0.4, -0.2) is 12.4 Å². The van der Waals surface area contributed by atoms with Crippen LogP contribution in [0, 0.1) is 11.2 Å². The Kier molecular flexibility index (Phi) is 2.34. The lowest BCUT2D eigenvalue weighted by molar-refractivity contribution is 0.0691. The summed E-state index contributed by atoms with van der Waals surface area (Å²) >= 11 is 3.06. The summed E-state index contributed by atoms with van der Waals surface area (Å²) < 4.78 is 19.0. The van der Waals surface area contributed by atoms with Gasteiger partial charge in [-0.25, -0.2) is 4.39 Å². The summed E-state index contributed by atoms with van der Waals surface area (Å²) in [5.41, 5.74) is -0.250. The van der Waals surface area contributed by atoms with E-state index < -0.39 is 11.2 Å². The minimum Gasteiger partial charge on any atom is -0.492 e. The van der Waals surface area contributed by atoms with Gasteiger partial charge in [-0.1, -0.05) is 0 Å². The third-order valence-electron chi connectivity index (χ3n) is 2.47. The van der Waals surface area contributed by atoms with Gasteiger partial charge in [-0.3, -0.25) is 4.79 Å². The van der Waals surface area contributed by atoms with Crippen molar-refractivity contribution in [1.82, 2.24) is 0 Å². The van der Waals surface area contributed by atoms with Crippen LogP contribution in [0.3, 0.4) is 0 Å². The van der Waals surface area contributed by atoms with Crippen LogP contribution in [0.15, 0.2) is 16.6 Å². The Labute approximate surface area is 95.6 Å². The van der Waals surface area contributed by atoms with Gasteiger partial charge in [0.05, 0.1) is 15.5 Å². The van der Waals surface area contributed by atoms with Gasteiger partial charge in [0.25, 0.3) is 0 Å². The van der Waals surface area contributed by atoms with Crippen molar-refractivity contribution >= 4 is 21.7 Å². The number of halogens is 2. The lowest BCUT2D eigenvalue weighted by Gasteiger charge is -2.29. The topological polar surface area (TPSA) is 26.3 Å². The third-order valence-corrected chi connectivity index (χ3v) is 3.08. The van der Waals surface area contributed by atoms with Crippen molar-refractivity contribution in [2.75, 3.05) is 6.61 Å². The summed E-state index contributed by atoms with van der Waals surface area (Å²) in [6.07, 6.45) is 0. The zero-order valence-corrected chi connectivity index (χ0v) is 10.0. The number of benzene rings is 1. The SMILES string of the molecule is CC1(C)COc2cc(Br)c(F)cc2C1=O. The van der Waals surface area contributed by atoms with Gasteiger partial charge in [-0.05, 0) is 41.9 Å². The number of carbonyl (C=O) groups is 1.